The standard InChI is InChI=1S/C7H11NO3.Na.H/c1-2-3-4-5-6(9)8-7(10)11-5;;/h5H,2-4H2,1H3,(H,8,9,10);;/q;+1;-1. The average Bonchev–Trinajstić information content (AvgIpc) is 2.26. The van der Waals surface area contributed by atoms with Crippen LogP contribution in [0.1, 0.15) is 27.6 Å². The van der Waals surface area contributed by atoms with Crippen LogP contribution in [0.3, 0.4) is 0 Å². The van der Waals surface area contributed by atoms with Crippen molar-refractivity contribution in [3.63, 3.8) is 0 Å². The fourth-order valence-electron chi connectivity index (χ4n) is 0.973. The predicted molar refractivity (Wildman–Crippen MR) is 39.0 cm³/mol. The maximum atomic E-state index is 10.8. The summed E-state index contributed by atoms with van der Waals surface area (Å²) in [5.74, 6) is -0.302. The molecule has 5 heteroatoms. The van der Waals surface area contributed by atoms with Gasteiger partial charge in [0.2, 0.25) is 0 Å². The number of hydrogen-bond donors (Lipinski definition) is 1. The second-order valence-electron chi connectivity index (χ2n) is 2.53. The Kier molecular flexibility index (Phi) is 5.53. The molecular weight excluding hydrogens is 169 g/mol. The molecule has 1 heterocycles. The maximum absolute atomic E-state index is 10.8. The number of alkyl carbamates (subject to hydrolysis) is 1. The molecule has 1 aliphatic heterocycles. The van der Waals surface area contributed by atoms with Crippen LogP contribution in [-0.4, -0.2) is 18.1 Å². The first-order chi connectivity index (χ1) is 5.24. The van der Waals surface area contributed by atoms with Crippen LogP contribution in [0.5, 0.6) is 0 Å². The summed E-state index contributed by atoms with van der Waals surface area (Å²) in [5.41, 5.74) is 0. The van der Waals surface area contributed by atoms with Gasteiger partial charge in [0.1, 0.15) is 0 Å². The van der Waals surface area contributed by atoms with Crippen LogP contribution >= 0.6 is 0 Å². The van der Waals surface area contributed by atoms with Crippen LogP contribution in [-0.2, 0) is 9.53 Å². The Hall–Kier alpha value is -0.0600. The molecule has 0 radical (unpaired) electrons. The first kappa shape index (κ1) is 11.9. The van der Waals surface area contributed by atoms with E-state index in [1.165, 1.54) is 0 Å². The fourth-order valence-corrected chi connectivity index (χ4v) is 0.973. The Bertz CT molecular complexity index is 189. The molecule has 64 valence electrons. The number of imide groups is 1. The van der Waals surface area contributed by atoms with Crippen molar-refractivity contribution < 1.29 is 45.3 Å². The molecule has 0 aliphatic carbocycles. The van der Waals surface area contributed by atoms with E-state index in [-0.39, 0.29) is 36.9 Å². The molecule has 0 spiro atoms. The molecule has 0 saturated carbocycles. The van der Waals surface area contributed by atoms with E-state index in [0.29, 0.717) is 6.42 Å². The summed E-state index contributed by atoms with van der Waals surface area (Å²) in [6.07, 6.45) is 1.39. The van der Waals surface area contributed by atoms with Gasteiger partial charge < -0.3 is 6.16 Å². The van der Waals surface area contributed by atoms with E-state index in [1.807, 2.05) is 6.92 Å². The van der Waals surface area contributed by atoms with Crippen molar-refractivity contribution in [2.24, 2.45) is 0 Å². The zero-order chi connectivity index (χ0) is 8.27. The van der Waals surface area contributed by atoms with E-state index in [4.69, 9.17) is 0 Å². The Balaban J connectivity index is 0. The van der Waals surface area contributed by atoms with E-state index in [9.17, 15) is 9.59 Å². The number of amides is 2. The molecule has 0 bridgehead atoms. The molecule has 2 amide bonds. The minimum absolute atomic E-state index is 0. The quantitative estimate of drug-likeness (QED) is 0.509. The number of carbonyl (C=O) groups is 2. The number of nitrogens with one attached hydrogen (secondary N) is 1. The summed E-state index contributed by atoms with van der Waals surface area (Å²) in [5, 5.41) is 2.08. The topological polar surface area (TPSA) is 55.4 Å². The zero-order valence-corrected chi connectivity index (χ0v) is 9.42. The molecule has 1 atom stereocenters. The van der Waals surface area contributed by atoms with Gasteiger partial charge in [-0.05, 0) is 12.8 Å². The van der Waals surface area contributed by atoms with Gasteiger partial charge in [-0.15, -0.1) is 0 Å². The van der Waals surface area contributed by atoms with E-state index < -0.39 is 12.2 Å². The second-order valence-corrected chi connectivity index (χ2v) is 2.53. The second kappa shape index (κ2) is 5.56. The molecule has 12 heavy (non-hydrogen) atoms. The SMILES string of the molecule is CCCCC1OC(=O)NC1=O.[H-].[Na+]. The number of hydrogen-bond acceptors (Lipinski definition) is 3. The molecule has 1 N–H and O–H groups in total. The van der Waals surface area contributed by atoms with Gasteiger partial charge in [-0.2, -0.15) is 0 Å². The van der Waals surface area contributed by atoms with Crippen LogP contribution in [0, 0.1) is 0 Å². The van der Waals surface area contributed by atoms with Gasteiger partial charge in [-0.3, -0.25) is 10.1 Å². The molecule has 1 aliphatic rings. The third-order valence-corrected chi connectivity index (χ3v) is 1.59. The Morgan fingerprint density at radius 1 is 1.58 bits per heavy atom. The number of ether oxygens (including phenoxy) is 1. The van der Waals surface area contributed by atoms with Crippen LogP contribution in [0.15, 0.2) is 0 Å². The fraction of sp³-hybridized carbons (Fsp3) is 0.714. The molecule has 1 unspecified atom stereocenters. The van der Waals surface area contributed by atoms with Gasteiger partial charge in [0.25, 0.3) is 5.91 Å². The Labute approximate surface area is 94.8 Å². The summed E-state index contributed by atoms with van der Waals surface area (Å²) < 4.78 is 4.68. The first-order valence-electron chi connectivity index (χ1n) is 3.75. The predicted octanol–water partition coefficient (Wildman–Crippen LogP) is -2.07. The van der Waals surface area contributed by atoms with Gasteiger partial charge >= 0.3 is 35.7 Å². The molecule has 0 aromatic rings. The van der Waals surface area contributed by atoms with E-state index in [0.717, 1.165) is 12.8 Å². The number of unbranched alkanes of at least 4 members (excludes halogenated alkanes) is 1. The van der Waals surface area contributed by atoms with Crippen molar-refractivity contribution in [2.45, 2.75) is 32.3 Å². The smallest absolute Gasteiger partial charge is 1.00 e. The van der Waals surface area contributed by atoms with Gasteiger partial charge in [-0.1, -0.05) is 13.3 Å². The minimum atomic E-state index is -0.615. The number of carbonyl (C=O) groups excluding carboxylic acids is 2. The average molecular weight is 181 g/mol. The third-order valence-electron chi connectivity index (χ3n) is 1.59. The number of rotatable bonds is 3. The summed E-state index contributed by atoms with van der Waals surface area (Å²) in [4.78, 5) is 21.3. The Morgan fingerprint density at radius 3 is 2.67 bits per heavy atom. The Morgan fingerprint density at radius 2 is 2.25 bits per heavy atom. The van der Waals surface area contributed by atoms with Gasteiger partial charge in [0.15, 0.2) is 6.10 Å². The normalized spacial score (nSPS) is 21.2. The maximum Gasteiger partial charge on any atom is 1.00 e. The van der Waals surface area contributed by atoms with E-state index in [2.05, 4.69) is 10.1 Å². The largest absolute Gasteiger partial charge is 1.00 e. The summed E-state index contributed by atoms with van der Waals surface area (Å²) in [7, 11) is 0. The van der Waals surface area contributed by atoms with Crippen molar-refractivity contribution >= 4 is 12.0 Å². The van der Waals surface area contributed by atoms with Crippen molar-refractivity contribution in [2.75, 3.05) is 0 Å². The van der Waals surface area contributed by atoms with Crippen molar-refractivity contribution in [3.05, 3.63) is 0 Å². The first-order valence-corrected chi connectivity index (χ1v) is 3.75. The number of cyclic esters (lactones) is 1. The molecule has 1 fully saturated rings. The van der Waals surface area contributed by atoms with Crippen LogP contribution in [0.4, 0.5) is 4.79 Å². The minimum Gasteiger partial charge on any atom is -1.00 e. The molecule has 1 rings (SSSR count). The van der Waals surface area contributed by atoms with Crippen molar-refractivity contribution in [1.82, 2.24) is 5.32 Å². The van der Waals surface area contributed by atoms with E-state index >= 15 is 0 Å². The van der Waals surface area contributed by atoms with Gasteiger partial charge in [0.05, 0.1) is 0 Å². The van der Waals surface area contributed by atoms with Crippen molar-refractivity contribution in [1.29, 1.82) is 0 Å². The summed E-state index contributed by atoms with van der Waals surface area (Å²) in [6, 6.07) is 0. The molecule has 0 aromatic carbocycles. The zero-order valence-electron chi connectivity index (χ0n) is 8.42. The van der Waals surface area contributed by atoms with Crippen LogP contribution in [0.2, 0.25) is 0 Å². The molecule has 1 saturated heterocycles. The van der Waals surface area contributed by atoms with Gasteiger partial charge in [-0.25, -0.2) is 4.79 Å². The summed E-state index contributed by atoms with van der Waals surface area (Å²) >= 11 is 0. The van der Waals surface area contributed by atoms with Crippen LogP contribution < -0.4 is 34.9 Å². The molecule has 0 aromatic heterocycles. The van der Waals surface area contributed by atoms with E-state index in [1.54, 1.807) is 0 Å². The summed E-state index contributed by atoms with van der Waals surface area (Å²) in [6.45, 7) is 2.02. The monoisotopic (exact) mass is 181 g/mol. The molecule has 4 nitrogen and oxygen atoms in total. The van der Waals surface area contributed by atoms with Crippen molar-refractivity contribution in [3.8, 4) is 0 Å². The van der Waals surface area contributed by atoms with Gasteiger partial charge in [0, 0.05) is 0 Å². The molecular formula is C7H12NNaO3. The van der Waals surface area contributed by atoms with Crippen LogP contribution in [0.25, 0.3) is 0 Å². The third kappa shape index (κ3) is 3.13.